The largest absolute Gasteiger partial charge is 3.00 e. The molecule has 2 N–H and O–H groups in total. The van der Waals surface area contributed by atoms with Gasteiger partial charge >= 0.3 is 16.8 Å². The molecule has 11 heteroatoms. The Bertz CT molecular complexity index is 2090. The molecule has 0 atom stereocenters. The van der Waals surface area contributed by atoms with E-state index in [0.29, 0.717) is 45.9 Å². The molecule has 0 fully saturated rings. The summed E-state index contributed by atoms with van der Waals surface area (Å²) in [5.74, 6) is 2.21. The summed E-state index contributed by atoms with van der Waals surface area (Å²) in [5, 5.41) is 9.82. The van der Waals surface area contributed by atoms with Gasteiger partial charge in [-0.25, -0.2) is 9.97 Å². The number of rotatable bonds is 0. The number of nitrogens with zero attached hydrogens (tertiary/aromatic N) is 9. The molecule has 5 heterocycles. The number of aromatic nitrogens is 8. The fraction of sp³-hybridized carbons (Fsp3) is 0. The van der Waals surface area contributed by atoms with Gasteiger partial charge in [0.1, 0.15) is 0 Å². The minimum absolute atomic E-state index is 0. The summed E-state index contributed by atoms with van der Waals surface area (Å²) in [5.41, 5.74) is 5.78. The molecule has 0 spiro atoms. The van der Waals surface area contributed by atoms with Crippen LogP contribution in [-0.2, 0) is 16.8 Å². The van der Waals surface area contributed by atoms with Gasteiger partial charge in [-0.1, -0.05) is 97.1 Å². The predicted molar refractivity (Wildman–Crippen MR) is 163 cm³/mol. The number of fused-ring (bicyclic) bond motifs is 20. The fourth-order valence-corrected chi connectivity index (χ4v) is 5.46. The molecule has 0 unspecified atom stereocenters. The second-order valence-corrected chi connectivity index (χ2v) is 9.67. The zero-order chi connectivity index (χ0) is 28.2. The van der Waals surface area contributed by atoms with Crippen LogP contribution in [0.25, 0.3) is 89.7 Å². The summed E-state index contributed by atoms with van der Waals surface area (Å²) in [6.07, 6.45) is 0. The third-order valence-corrected chi connectivity index (χ3v) is 7.33. The maximum atomic E-state index is 6.25. The Hall–Kier alpha value is -5.80. The Labute approximate surface area is 260 Å². The van der Waals surface area contributed by atoms with Crippen LogP contribution >= 0.6 is 0 Å². The van der Waals surface area contributed by atoms with Crippen LogP contribution < -0.4 is 9.97 Å². The summed E-state index contributed by atoms with van der Waals surface area (Å²) in [4.78, 5) is 39.3. The Kier molecular flexibility index (Phi) is 7.16. The molecule has 0 saturated heterocycles. The van der Waals surface area contributed by atoms with Gasteiger partial charge in [-0.3, -0.25) is 0 Å². The van der Waals surface area contributed by atoms with Gasteiger partial charge in [0, 0.05) is 44.8 Å². The molecule has 7 aromatic rings. The van der Waals surface area contributed by atoms with Gasteiger partial charge < -0.3 is 47.2 Å². The zero-order valence-corrected chi connectivity index (χ0v) is 23.6. The van der Waals surface area contributed by atoms with Crippen molar-refractivity contribution >= 4 is 44.1 Å². The van der Waals surface area contributed by atoms with Crippen LogP contribution in [0.3, 0.4) is 0 Å². The molecule has 8 bridgehead atoms. The minimum Gasteiger partial charge on any atom is -0.512 e. The summed E-state index contributed by atoms with van der Waals surface area (Å²) in [6.45, 7) is 4.75. The van der Waals surface area contributed by atoms with E-state index in [-0.39, 0.29) is 22.3 Å². The van der Waals surface area contributed by atoms with Crippen molar-refractivity contribution in [3.8, 4) is 45.6 Å². The van der Waals surface area contributed by atoms with Crippen LogP contribution in [0.15, 0.2) is 97.1 Å². The van der Waals surface area contributed by atoms with Crippen molar-refractivity contribution in [3.63, 3.8) is 0 Å². The maximum Gasteiger partial charge on any atom is 3.00 e. The van der Waals surface area contributed by atoms with Gasteiger partial charge in [0.2, 0.25) is 0 Å². The van der Waals surface area contributed by atoms with Crippen molar-refractivity contribution in [1.29, 1.82) is 5.26 Å². The molecule has 2 aliphatic heterocycles. The molecular weight excluding hydrogens is 597 g/mol. The first kappa shape index (κ1) is 28.3. The molecule has 0 saturated carbocycles. The number of hydrogen-bond acceptors (Lipinski definition) is 7. The van der Waals surface area contributed by atoms with E-state index in [9.17, 15) is 0 Å². The van der Waals surface area contributed by atoms with Crippen molar-refractivity contribution in [2.45, 2.75) is 0 Å². The summed E-state index contributed by atoms with van der Waals surface area (Å²) in [7, 11) is 0. The van der Waals surface area contributed by atoms with Gasteiger partial charge in [0.05, 0.1) is 23.3 Å². The van der Waals surface area contributed by atoms with E-state index in [0.717, 1.165) is 43.8 Å². The molecule has 44 heavy (non-hydrogen) atoms. The topological polar surface area (TPSA) is 161 Å². The van der Waals surface area contributed by atoms with Gasteiger partial charge in [-0.05, 0) is 21.5 Å². The summed E-state index contributed by atoms with van der Waals surface area (Å²) >= 11 is 0. The van der Waals surface area contributed by atoms with E-state index in [1.54, 1.807) is 0 Å². The molecule has 10 nitrogen and oxygen atoms in total. The Morgan fingerprint density at radius 3 is 0.864 bits per heavy atom. The maximum absolute atomic E-state index is 6.25. The zero-order valence-electron chi connectivity index (χ0n) is 22.6. The van der Waals surface area contributed by atoms with Crippen LogP contribution in [0.2, 0.25) is 0 Å². The second-order valence-electron chi connectivity index (χ2n) is 9.67. The van der Waals surface area contributed by atoms with Gasteiger partial charge in [0.15, 0.2) is 0 Å². The van der Waals surface area contributed by atoms with E-state index in [2.05, 4.69) is 0 Å². The smallest absolute Gasteiger partial charge is 0.512 e. The number of benzene rings is 4. The molecule has 0 aliphatic carbocycles. The van der Waals surface area contributed by atoms with Gasteiger partial charge in [-0.2, -0.15) is 0 Å². The summed E-state index contributed by atoms with van der Waals surface area (Å²) < 4.78 is 0. The third kappa shape index (κ3) is 4.29. The molecule has 0 amide bonds. The predicted octanol–water partition coefficient (Wildman–Crippen LogP) is 5.40. The van der Waals surface area contributed by atoms with E-state index >= 15 is 0 Å². The quantitative estimate of drug-likeness (QED) is 0.204. The fourth-order valence-electron chi connectivity index (χ4n) is 5.46. The Morgan fingerprint density at radius 2 is 0.614 bits per heavy atom. The number of hydrogen-bond donors (Lipinski definition) is 0. The van der Waals surface area contributed by atoms with Crippen LogP contribution in [0.4, 0.5) is 0 Å². The van der Waals surface area contributed by atoms with E-state index < -0.39 is 0 Å². The minimum atomic E-state index is 0. The molecule has 210 valence electrons. The molecule has 4 aromatic carbocycles. The summed E-state index contributed by atoms with van der Waals surface area (Å²) in [6, 6.07) is 31.8. The standard InChI is InChI=1S/C32H16N8.CN.Co.H2O/c1-2-10-18-17(9-1)25-33-26(18)38-28-21-13-5-6-14-22(21)30(35-28)40-32-24-16-8-7-15-23(24)31(36-32)39-29-20-12-4-3-11-19(20)27(34-29)37-25;1-2;;/h1-16H;;;1H2/q-2;-1;+3;. The van der Waals surface area contributed by atoms with E-state index in [1.165, 1.54) is 0 Å². The van der Waals surface area contributed by atoms with Crippen molar-refractivity contribution in [2.24, 2.45) is 0 Å². The molecule has 0 radical (unpaired) electrons. The Balaban J connectivity index is 0.000000842. The first-order valence-electron chi connectivity index (χ1n) is 13.1. The van der Waals surface area contributed by atoms with Crippen LogP contribution in [0, 0.1) is 11.8 Å². The molecular formula is C33H18CoN9O. The first-order valence-corrected chi connectivity index (χ1v) is 13.1. The van der Waals surface area contributed by atoms with Crippen molar-refractivity contribution in [1.82, 2.24) is 39.9 Å². The third-order valence-electron chi connectivity index (χ3n) is 7.33. The van der Waals surface area contributed by atoms with E-state index in [1.807, 2.05) is 97.1 Å². The van der Waals surface area contributed by atoms with Crippen LogP contribution in [-0.4, -0.2) is 35.4 Å². The van der Waals surface area contributed by atoms with Crippen molar-refractivity contribution in [2.75, 3.05) is 0 Å². The normalized spacial score (nSPS) is 11.0. The molecule has 2 aliphatic rings. The molecule has 3 aromatic heterocycles. The Morgan fingerprint density at radius 1 is 0.386 bits per heavy atom. The average Bonchev–Trinajstić information content (AvgIpc) is 3.78. The van der Waals surface area contributed by atoms with Crippen LogP contribution in [0.1, 0.15) is 0 Å². The second kappa shape index (κ2) is 11.1. The van der Waals surface area contributed by atoms with Crippen molar-refractivity contribution < 1.29 is 22.3 Å². The van der Waals surface area contributed by atoms with E-state index in [4.69, 9.17) is 51.7 Å². The van der Waals surface area contributed by atoms with Gasteiger partial charge in [0.25, 0.3) is 0 Å². The monoisotopic (exact) mass is 615 g/mol. The van der Waals surface area contributed by atoms with Crippen molar-refractivity contribution in [3.05, 3.63) is 104 Å². The first-order chi connectivity index (χ1) is 20.8. The van der Waals surface area contributed by atoms with Gasteiger partial charge in [-0.15, -0.1) is 0 Å². The molecule has 9 rings (SSSR count). The SMILES string of the molecule is O.[C-]#N.[Co+3].c1ccc2c(c1)-c1nc-2nc2[n-]c(nc3nc(nc4[n-]c(n1)c1ccccc41)-c1ccccc1-3)c1ccccc21. The average molecular weight is 616 g/mol. The van der Waals surface area contributed by atoms with Crippen LogP contribution in [0.5, 0.6) is 0 Å².